The van der Waals surface area contributed by atoms with E-state index in [4.69, 9.17) is 8.74 Å². The van der Waals surface area contributed by atoms with Crippen molar-refractivity contribution in [2.24, 2.45) is 0 Å². The van der Waals surface area contributed by atoms with Gasteiger partial charge in [0.25, 0.3) is 10.1 Å². The predicted octanol–water partition coefficient (Wildman–Crippen LogP) is 2.85. The third-order valence-corrected chi connectivity index (χ3v) is 5.52. The Kier molecular flexibility index (Phi) is 4.04. The van der Waals surface area contributed by atoms with E-state index in [-0.39, 0.29) is 15.5 Å². The molecular formula is C16H12O6S2. The minimum Gasteiger partial charge on any atom is -0.379 e. The van der Waals surface area contributed by atoms with Gasteiger partial charge in [-0.2, -0.15) is 16.8 Å². The third kappa shape index (κ3) is 3.25. The van der Waals surface area contributed by atoms with Crippen LogP contribution in [0.5, 0.6) is 5.75 Å². The SMILES string of the molecule is O=S(=O)(O)c1ccc(OS(=O)(=O)c2cccc3ccccc23)cc1. The summed E-state index contributed by atoms with van der Waals surface area (Å²) in [5.74, 6) is -0.0599. The topological polar surface area (TPSA) is 97.7 Å². The first-order valence-corrected chi connectivity index (χ1v) is 9.62. The zero-order valence-electron chi connectivity index (χ0n) is 12.2. The highest BCUT2D eigenvalue weighted by molar-refractivity contribution is 7.87. The van der Waals surface area contributed by atoms with Gasteiger partial charge in [-0.3, -0.25) is 4.55 Å². The van der Waals surface area contributed by atoms with Crippen molar-refractivity contribution in [3.05, 3.63) is 66.7 Å². The second kappa shape index (κ2) is 5.90. The van der Waals surface area contributed by atoms with Gasteiger partial charge in [0.15, 0.2) is 0 Å². The number of rotatable bonds is 4. The molecule has 8 heteroatoms. The maximum atomic E-state index is 12.5. The lowest BCUT2D eigenvalue weighted by Gasteiger charge is -2.09. The maximum Gasteiger partial charge on any atom is 0.339 e. The van der Waals surface area contributed by atoms with Crippen molar-refractivity contribution in [1.29, 1.82) is 0 Å². The summed E-state index contributed by atoms with van der Waals surface area (Å²) in [5.41, 5.74) is 0. The van der Waals surface area contributed by atoms with Gasteiger partial charge in [0.2, 0.25) is 0 Å². The lowest BCUT2D eigenvalue weighted by Crippen LogP contribution is -2.10. The smallest absolute Gasteiger partial charge is 0.339 e. The van der Waals surface area contributed by atoms with Crippen molar-refractivity contribution in [2.45, 2.75) is 9.79 Å². The van der Waals surface area contributed by atoms with Gasteiger partial charge in [-0.25, -0.2) is 0 Å². The van der Waals surface area contributed by atoms with Gasteiger partial charge in [-0.05, 0) is 35.7 Å². The van der Waals surface area contributed by atoms with Gasteiger partial charge in [0.05, 0.1) is 4.90 Å². The molecular weight excluding hydrogens is 352 g/mol. The number of hydrogen-bond donors (Lipinski definition) is 1. The Morgan fingerprint density at radius 2 is 1.38 bits per heavy atom. The zero-order valence-corrected chi connectivity index (χ0v) is 13.8. The molecule has 3 aromatic carbocycles. The normalized spacial score (nSPS) is 12.2. The van der Waals surface area contributed by atoms with Gasteiger partial charge in [0, 0.05) is 5.39 Å². The first-order valence-electron chi connectivity index (χ1n) is 6.77. The van der Waals surface area contributed by atoms with Crippen molar-refractivity contribution >= 4 is 31.0 Å². The quantitative estimate of drug-likeness (QED) is 0.565. The molecule has 0 unspecified atom stereocenters. The van der Waals surface area contributed by atoms with E-state index in [1.165, 1.54) is 6.07 Å². The molecule has 0 saturated heterocycles. The van der Waals surface area contributed by atoms with Crippen LogP contribution in [0.15, 0.2) is 76.5 Å². The number of fused-ring (bicyclic) bond motifs is 1. The van der Waals surface area contributed by atoms with Crippen molar-refractivity contribution in [3.63, 3.8) is 0 Å². The molecule has 1 N–H and O–H groups in total. The van der Waals surface area contributed by atoms with Gasteiger partial charge in [0.1, 0.15) is 10.6 Å². The first-order chi connectivity index (χ1) is 11.3. The Balaban J connectivity index is 1.99. The van der Waals surface area contributed by atoms with Crippen LogP contribution in [0, 0.1) is 0 Å². The summed E-state index contributed by atoms with van der Waals surface area (Å²) in [5, 5.41) is 1.28. The Labute approximate surface area is 139 Å². The van der Waals surface area contributed by atoms with E-state index in [1.807, 2.05) is 0 Å². The molecule has 0 aliphatic heterocycles. The largest absolute Gasteiger partial charge is 0.379 e. The van der Waals surface area contributed by atoms with Crippen LogP contribution in [0.3, 0.4) is 0 Å². The molecule has 0 spiro atoms. The lowest BCUT2D eigenvalue weighted by molar-refractivity contribution is 0.482. The Bertz CT molecular complexity index is 1100. The molecule has 3 aromatic rings. The maximum absolute atomic E-state index is 12.5. The molecule has 0 atom stereocenters. The first kappa shape index (κ1) is 16.4. The van der Waals surface area contributed by atoms with Crippen LogP contribution in [0.2, 0.25) is 0 Å². The molecule has 0 aromatic heterocycles. The fraction of sp³-hybridized carbons (Fsp3) is 0. The summed E-state index contributed by atoms with van der Waals surface area (Å²) >= 11 is 0. The van der Waals surface area contributed by atoms with Crippen LogP contribution in [0.25, 0.3) is 10.8 Å². The van der Waals surface area contributed by atoms with E-state index < -0.39 is 20.2 Å². The van der Waals surface area contributed by atoms with E-state index in [9.17, 15) is 16.8 Å². The minimum absolute atomic E-state index is 0.0134. The summed E-state index contributed by atoms with van der Waals surface area (Å²) in [7, 11) is -8.45. The third-order valence-electron chi connectivity index (χ3n) is 3.35. The van der Waals surface area contributed by atoms with Crippen LogP contribution < -0.4 is 4.18 Å². The van der Waals surface area contributed by atoms with Crippen molar-refractivity contribution in [2.75, 3.05) is 0 Å². The number of benzene rings is 3. The van der Waals surface area contributed by atoms with Gasteiger partial charge in [-0.1, -0.05) is 36.4 Å². The zero-order chi connectivity index (χ0) is 17.4. The van der Waals surface area contributed by atoms with Crippen molar-refractivity contribution in [1.82, 2.24) is 0 Å². The predicted molar refractivity (Wildman–Crippen MR) is 88.0 cm³/mol. The van der Waals surface area contributed by atoms with Crippen LogP contribution >= 0.6 is 0 Å². The van der Waals surface area contributed by atoms with Gasteiger partial charge in [-0.15, -0.1) is 0 Å². The molecule has 0 aliphatic carbocycles. The van der Waals surface area contributed by atoms with E-state index in [1.54, 1.807) is 36.4 Å². The van der Waals surface area contributed by atoms with E-state index in [2.05, 4.69) is 0 Å². The van der Waals surface area contributed by atoms with E-state index in [0.717, 1.165) is 29.7 Å². The fourth-order valence-electron chi connectivity index (χ4n) is 2.25. The van der Waals surface area contributed by atoms with E-state index >= 15 is 0 Å². The minimum atomic E-state index is -4.35. The summed E-state index contributed by atoms with van der Waals surface area (Å²) in [6.45, 7) is 0. The molecule has 24 heavy (non-hydrogen) atoms. The second-order valence-corrected chi connectivity index (χ2v) is 7.90. The fourth-order valence-corrected chi connectivity index (χ4v) is 3.89. The van der Waals surface area contributed by atoms with Crippen molar-refractivity contribution < 1.29 is 25.6 Å². The summed E-state index contributed by atoms with van der Waals surface area (Å²) in [6, 6.07) is 16.3. The van der Waals surface area contributed by atoms with Crippen LogP contribution in [0.4, 0.5) is 0 Å². The molecule has 0 heterocycles. The number of hydrogen-bond acceptors (Lipinski definition) is 5. The average Bonchev–Trinajstić information content (AvgIpc) is 2.53. The average molecular weight is 364 g/mol. The van der Waals surface area contributed by atoms with Crippen LogP contribution in [-0.4, -0.2) is 21.4 Å². The second-order valence-electron chi connectivity index (χ2n) is 4.96. The molecule has 0 radical (unpaired) electrons. The molecule has 6 nitrogen and oxygen atoms in total. The highest BCUT2D eigenvalue weighted by atomic mass is 32.2. The Morgan fingerprint density at radius 3 is 2.04 bits per heavy atom. The molecule has 0 fully saturated rings. The molecule has 0 saturated carbocycles. The summed E-state index contributed by atoms with van der Waals surface area (Å²) in [4.78, 5) is -0.336. The van der Waals surface area contributed by atoms with Crippen molar-refractivity contribution in [3.8, 4) is 5.75 Å². The van der Waals surface area contributed by atoms with Gasteiger partial charge < -0.3 is 4.18 Å². The van der Waals surface area contributed by atoms with E-state index in [0.29, 0.717) is 5.39 Å². The molecule has 0 amide bonds. The summed E-state index contributed by atoms with van der Waals surface area (Å²) < 4.78 is 61.0. The highest BCUT2D eigenvalue weighted by Crippen LogP contribution is 2.26. The van der Waals surface area contributed by atoms with Gasteiger partial charge >= 0.3 is 10.1 Å². The lowest BCUT2D eigenvalue weighted by atomic mass is 10.1. The summed E-state index contributed by atoms with van der Waals surface area (Å²) in [6.07, 6.45) is 0. The molecule has 124 valence electrons. The monoisotopic (exact) mass is 364 g/mol. The standard InChI is InChI=1S/C16H12O6S2/c17-23(18,19)14-10-8-13(9-11-14)22-24(20,21)16-7-3-5-12-4-1-2-6-15(12)16/h1-11H,(H,17,18,19). The molecule has 0 aliphatic rings. The Hall–Kier alpha value is -2.42. The molecule has 0 bridgehead atoms. The van der Waals surface area contributed by atoms with Crippen LogP contribution in [0.1, 0.15) is 0 Å². The molecule has 3 rings (SSSR count). The Morgan fingerprint density at radius 1 is 0.750 bits per heavy atom. The highest BCUT2D eigenvalue weighted by Gasteiger charge is 2.20. The van der Waals surface area contributed by atoms with Crippen LogP contribution in [-0.2, 0) is 20.2 Å².